The highest BCUT2D eigenvalue weighted by Gasteiger charge is 2.19. The maximum absolute atomic E-state index is 5.99. The van der Waals surface area contributed by atoms with Gasteiger partial charge in [0.05, 0.1) is 11.3 Å². The Morgan fingerprint density at radius 3 is 2.82 bits per heavy atom. The molecule has 0 atom stereocenters. The first kappa shape index (κ1) is 10.3. The number of aryl methyl sites for hydroxylation is 3. The number of nitrogens with two attached hydrogens (primary N) is 1. The molecular weight excluding hydrogens is 214 g/mol. The molecule has 88 valence electrons. The van der Waals surface area contributed by atoms with Crippen LogP contribution in [-0.4, -0.2) is 19.7 Å². The zero-order valence-electron chi connectivity index (χ0n) is 10.1. The number of nitrogens with zero attached hydrogens (tertiary/aromatic N) is 4. The summed E-state index contributed by atoms with van der Waals surface area (Å²) in [5, 5.41) is 4.31. The van der Waals surface area contributed by atoms with Gasteiger partial charge in [-0.05, 0) is 26.2 Å². The number of hydrogen-bond donors (Lipinski definition) is 1. The van der Waals surface area contributed by atoms with E-state index in [0.717, 1.165) is 41.8 Å². The lowest BCUT2D eigenvalue weighted by Crippen LogP contribution is -2.02. The molecule has 0 saturated heterocycles. The standard InChI is InChI=1S/C12H15N5/c1-7-9(6-17(2)16-7)12-14-10-5-3-4-8(10)11(13)15-12/h6H,3-5H2,1-2H3,(H2,13,14,15). The highest BCUT2D eigenvalue weighted by molar-refractivity contribution is 5.60. The number of anilines is 1. The van der Waals surface area contributed by atoms with E-state index in [1.54, 1.807) is 4.68 Å². The van der Waals surface area contributed by atoms with Crippen molar-refractivity contribution in [2.24, 2.45) is 7.05 Å². The summed E-state index contributed by atoms with van der Waals surface area (Å²) in [5.41, 5.74) is 10.1. The van der Waals surface area contributed by atoms with Crippen LogP contribution in [0.2, 0.25) is 0 Å². The van der Waals surface area contributed by atoms with Crippen molar-refractivity contribution in [1.29, 1.82) is 0 Å². The zero-order chi connectivity index (χ0) is 12.0. The minimum Gasteiger partial charge on any atom is -0.383 e. The van der Waals surface area contributed by atoms with E-state index in [1.807, 2.05) is 20.2 Å². The van der Waals surface area contributed by atoms with Crippen LogP contribution in [0, 0.1) is 6.92 Å². The molecule has 0 aliphatic heterocycles. The molecule has 0 aromatic carbocycles. The van der Waals surface area contributed by atoms with Gasteiger partial charge in [-0.15, -0.1) is 0 Å². The molecule has 2 heterocycles. The average Bonchev–Trinajstić information content (AvgIpc) is 2.84. The van der Waals surface area contributed by atoms with Gasteiger partial charge in [0.25, 0.3) is 0 Å². The van der Waals surface area contributed by atoms with Gasteiger partial charge in [-0.2, -0.15) is 5.10 Å². The molecular formula is C12H15N5. The zero-order valence-corrected chi connectivity index (χ0v) is 10.1. The van der Waals surface area contributed by atoms with Crippen molar-refractivity contribution in [3.63, 3.8) is 0 Å². The molecule has 2 N–H and O–H groups in total. The molecule has 0 fully saturated rings. The van der Waals surface area contributed by atoms with Crippen LogP contribution < -0.4 is 5.73 Å². The Morgan fingerprint density at radius 1 is 1.29 bits per heavy atom. The number of hydrogen-bond acceptors (Lipinski definition) is 4. The van der Waals surface area contributed by atoms with E-state index in [-0.39, 0.29) is 0 Å². The molecule has 2 aromatic heterocycles. The predicted octanol–water partition coefficient (Wildman–Crippen LogP) is 1.26. The van der Waals surface area contributed by atoms with E-state index < -0.39 is 0 Å². The van der Waals surface area contributed by atoms with Gasteiger partial charge in [0.2, 0.25) is 0 Å². The molecule has 17 heavy (non-hydrogen) atoms. The maximum atomic E-state index is 5.99. The van der Waals surface area contributed by atoms with Gasteiger partial charge in [-0.3, -0.25) is 4.68 Å². The average molecular weight is 229 g/mol. The first-order chi connectivity index (χ1) is 8.15. The van der Waals surface area contributed by atoms with Gasteiger partial charge in [0, 0.05) is 24.5 Å². The molecule has 0 radical (unpaired) electrons. The molecule has 1 aliphatic carbocycles. The molecule has 2 aromatic rings. The van der Waals surface area contributed by atoms with Crippen molar-refractivity contribution in [2.75, 3.05) is 5.73 Å². The fourth-order valence-electron chi connectivity index (χ4n) is 2.40. The lowest BCUT2D eigenvalue weighted by atomic mass is 10.2. The Labute approximate surface area is 99.7 Å². The van der Waals surface area contributed by atoms with E-state index in [0.29, 0.717) is 11.6 Å². The summed E-state index contributed by atoms with van der Waals surface area (Å²) in [6.45, 7) is 1.96. The van der Waals surface area contributed by atoms with Crippen molar-refractivity contribution >= 4 is 5.82 Å². The number of fused-ring (bicyclic) bond motifs is 1. The fraction of sp³-hybridized carbons (Fsp3) is 0.417. The van der Waals surface area contributed by atoms with Crippen LogP contribution in [0.15, 0.2) is 6.20 Å². The van der Waals surface area contributed by atoms with Crippen LogP contribution in [0.1, 0.15) is 23.4 Å². The number of nitrogen functional groups attached to an aromatic ring is 1. The fourth-order valence-corrected chi connectivity index (χ4v) is 2.40. The predicted molar refractivity (Wildman–Crippen MR) is 65.4 cm³/mol. The minimum atomic E-state index is 0.630. The lowest BCUT2D eigenvalue weighted by Gasteiger charge is -2.05. The molecule has 5 heteroatoms. The highest BCUT2D eigenvalue weighted by Crippen LogP contribution is 2.28. The van der Waals surface area contributed by atoms with Crippen molar-refractivity contribution in [3.8, 4) is 11.4 Å². The van der Waals surface area contributed by atoms with Crippen LogP contribution in [0.25, 0.3) is 11.4 Å². The van der Waals surface area contributed by atoms with E-state index in [1.165, 1.54) is 0 Å². The Balaban J connectivity index is 2.16. The van der Waals surface area contributed by atoms with E-state index in [9.17, 15) is 0 Å². The third-order valence-electron chi connectivity index (χ3n) is 3.22. The van der Waals surface area contributed by atoms with Crippen LogP contribution in [0.4, 0.5) is 5.82 Å². The summed E-state index contributed by atoms with van der Waals surface area (Å²) < 4.78 is 1.78. The van der Waals surface area contributed by atoms with Gasteiger partial charge in [-0.1, -0.05) is 0 Å². The van der Waals surface area contributed by atoms with Gasteiger partial charge < -0.3 is 5.73 Å². The van der Waals surface area contributed by atoms with Crippen molar-refractivity contribution < 1.29 is 0 Å². The molecule has 0 amide bonds. The van der Waals surface area contributed by atoms with E-state index >= 15 is 0 Å². The summed E-state index contributed by atoms with van der Waals surface area (Å²) in [4.78, 5) is 9.02. The van der Waals surface area contributed by atoms with Crippen LogP contribution >= 0.6 is 0 Å². The summed E-state index contributed by atoms with van der Waals surface area (Å²) in [7, 11) is 1.90. The van der Waals surface area contributed by atoms with Gasteiger partial charge >= 0.3 is 0 Å². The summed E-state index contributed by atoms with van der Waals surface area (Å²) >= 11 is 0. The van der Waals surface area contributed by atoms with Gasteiger partial charge in [0.1, 0.15) is 5.82 Å². The van der Waals surface area contributed by atoms with Gasteiger partial charge in [-0.25, -0.2) is 9.97 Å². The minimum absolute atomic E-state index is 0.630. The monoisotopic (exact) mass is 229 g/mol. The van der Waals surface area contributed by atoms with Crippen LogP contribution in [0.3, 0.4) is 0 Å². The molecule has 0 unspecified atom stereocenters. The first-order valence-corrected chi connectivity index (χ1v) is 5.81. The summed E-state index contributed by atoms with van der Waals surface area (Å²) in [5.74, 6) is 1.33. The second-order valence-electron chi connectivity index (χ2n) is 4.51. The Bertz CT molecular complexity index is 585. The van der Waals surface area contributed by atoms with Crippen LogP contribution in [-0.2, 0) is 19.9 Å². The normalized spacial score (nSPS) is 14.0. The molecule has 5 nitrogen and oxygen atoms in total. The Hall–Kier alpha value is -1.91. The van der Waals surface area contributed by atoms with Crippen molar-refractivity contribution in [1.82, 2.24) is 19.7 Å². The third kappa shape index (κ3) is 1.58. The molecule has 0 saturated carbocycles. The Morgan fingerprint density at radius 2 is 2.12 bits per heavy atom. The molecule has 3 rings (SSSR count). The van der Waals surface area contributed by atoms with E-state index in [4.69, 9.17) is 5.73 Å². The molecule has 0 bridgehead atoms. The molecule has 1 aliphatic rings. The summed E-state index contributed by atoms with van der Waals surface area (Å²) in [6, 6.07) is 0. The largest absolute Gasteiger partial charge is 0.383 e. The topological polar surface area (TPSA) is 69.6 Å². The quantitative estimate of drug-likeness (QED) is 0.799. The number of rotatable bonds is 1. The van der Waals surface area contributed by atoms with Crippen molar-refractivity contribution in [3.05, 3.63) is 23.1 Å². The van der Waals surface area contributed by atoms with E-state index in [2.05, 4.69) is 15.1 Å². The molecule has 0 spiro atoms. The second-order valence-corrected chi connectivity index (χ2v) is 4.51. The first-order valence-electron chi connectivity index (χ1n) is 5.81. The number of aromatic nitrogens is 4. The summed E-state index contributed by atoms with van der Waals surface area (Å²) in [6.07, 6.45) is 5.08. The lowest BCUT2D eigenvalue weighted by molar-refractivity contribution is 0.756. The van der Waals surface area contributed by atoms with Crippen LogP contribution in [0.5, 0.6) is 0 Å². The third-order valence-corrected chi connectivity index (χ3v) is 3.22. The van der Waals surface area contributed by atoms with Crippen molar-refractivity contribution in [2.45, 2.75) is 26.2 Å². The second kappa shape index (κ2) is 3.55. The SMILES string of the molecule is Cc1nn(C)cc1-c1nc(N)c2c(n1)CCC2. The van der Waals surface area contributed by atoms with Gasteiger partial charge in [0.15, 0.2) is 5.82 Å². The smallest absolute Gasteiger partial charge is 0.165 e. The maximum Gasteiger partial charge on any atom is 0.165 e. The Kier molecular flexibility index (Phi) is 2.14. The highest BCUT2D eigenvalue weighted by atomic mass is 15.3.